The zero-order chi connectivity index (χ0) is 25.5. The standard InChI is InChI=1S/C21H21F3N8O3/c1-11-4-15(32-16(11)17(25)27-10-29-32)12-5-14(19(35-3)26-6-12)18(33)30-13-7-28-31(8-13)9-20(2,34)21(22,23)24/h4-8,10,34H,9H2,1-3H3,(H,30,33)(H2,25,27,29). The Balaban J connectivity index is 1.63. The maximum atomic E-state index is 13.0. The first-order valence-corrected chi connectivity index (χ1v) is 10.2. The van der Waals surface area contributed by atoms with E-state index in [0.29, 0.717) is 29.5 Å². The molecule has 0 bridgehead atoms. The zero-order valence-electron chi connectivity index (χ0n) is 18.8. The van der Waals surface area contributed by atoms with Crippen LogP contribution in [-0.4, -0.2) is 59.3 Å². The summed E-state index contributed by atoms with van der Waals surface area (Å²) in [7, 11) is 1.35. The van der Waals surface area contributed by atoms with Crippen molar-refractivity contribution < 1.29 is 27.8 Å². The van der Waals surface area contributed by atoms with Crippen molar-refractivity contribution in [2.24, 2.45) is 0 Å². The number of aromatic nitrogens is 6. The fourth-order valence-corrected chi connectivity index (χ4v) is 3.49. The highest BCUT2D eigenvalue weighted by Gasteiger charge is 2.50. The first-order valence-electron chi connectivity index (χ1n) is 10.2. The Kier molecular flexibility index (Phi) is 5.84. The fourth-order valence-electron chi connectivity index (χ4n) is 3.49. The van der Waals surface area contributed by atoms with E-state index >= 15 is 0 Å². The second kappa shape index (κ2) is 8.54. The fraction of sp³-hybridized carbons (Fsp3) is 0.286. The molecule has 0 saturated heterocycles. The number of aryl methyl sites for hydroxylation is 1. The molecule has 4 aromatic heterocycles. The molecule has 0 aliphatic heterocycles. The van der Waals surface area contributed by atoms with Crippen molar-refractivity contribution >= 4 is 22.9 Å². The van der Waals surface area contributed by atoms with Gasteiger partial charge in [-0.15, -0.1) is 0 Å². The van der Waals surface area contributed by atoms with E-state index in [1.807, 2.05) is 13.0 Å². The lowest BCUT2D eigenvalue weighted by atomic mass is 10.1. The molecule has 4 heterocycles. The molecule has 0 radical (unpaired) electrons. The molecular formula is C21H21F3N8O3. The Labute approximate surface area is 196 Å². The second-order valence-corrected chi connectivity index (χ2v) is 8.05. The molecule has 184 valence electrons. The van der Waals surface area contributed by atoms with E-state index in [-0.39, 0.29) is 17.1 Å². The number of amides is 1. The molecule has 4 aromatic rings. The third-order valence-corrected chi connectivity index (χ3v) is 5.33. The van der Waals surface area contributed by atoms with Gasteiger partial charge in [-0.2, -0.15) is 23.4 Å². The van der Waals surface area contributed by atoms with Gasteiger partial charge in [-0.1, -0.05) is 0 Å². The van der Waals surface area contributed by atoms with Crippen LogP contribution in [0.4, 0.5) is 24.7 Å². The van der Waals surface area contributed by atoms with E-state index in [2.05, 4.69) is 25.5 Å². The molecule has 4 rings (SSSR count). The van der Waals surface area contributed by atoms with E-state index in [0.717, 1.165) is 16.4 Å². The lowest BCUT2D eigenvalue weighted by Crippen LogP contribution is -2.45. The van der Waals surface area contributed by atoms with Gasteiger partial charge in [-0.3, -0.25) is 9.48 Å². The molecule has 0 saturated carbocycles. The number of ether oxygens (including phenoxy) is 1. The zero-order valence-corrected chi connectivity index (χ0v) is 18.8. The number of nitrogens with zero attached hydrogens (tertiary/aromatic N) is 6. The second-order valence-electron chi connectivity index (χ2n) is 8.05. The van der Waals surface area contributed by atoms with Crippen molar-refractivity contribution in [1.29, 1.82) is 0 Å². The number of carbonyl (C=O) groups is 1. The van der Waals surface area contributed by atoms with Gasteiger partial charge in [0.15, 0.2) is 11.4 Å². The van der Waals surface area contributed by atoms with Crippen LogP contribution in [0.3, 0.4) is 0 Å². The summed E-state index contributed by atoms with van der Waals surface area (Å²) >= 11 is 0. The van der Waals surface area contributed by atoms with Gasteiger partial charge >= 0.3 is 6.18 Å². The molecule has 1 amide bonds. The summed E-state index contributed by atoms with van der Waals surface area (Å²) in [5.41, 5.74) is 5.74. The number of rotatable bonds is 6. The molecule has 35 heavy (non-hydrogen) atoms. The summed E-state index contributed by atoms with van der Waals surface area (Å²) in [5.74, 6) is -0.305. The normalized spacial score (nSPS) is 13.6. The Hall–Kier alpha value is -4.20. The van der Waals surface area contributed by atoms with Gasteiger partial charge in [0.1, 0.15) is 17.4 Å². The number of alkyl halides is 3. The predicted octanol–water partition coefficient (Wildman–Crippen LogP) is 2.45. The lowest BCUT2D eigenvalue weighted by molar-refractivity contribution is -0.258. The van der Waals surface area contributed by atoms with E-state index in [4.69, 9.17) is 10.5 Å². The van der Waals surface area contributed by atoms with Crippen LogP contribution in [0, 0.1) is 6.92 Å². The molecular weight excluding hydrogens is 469 g/mol. The summed E-state index contributed by atoms with van der Waals surface area (Å²) in [6.45, 7) is 1.63. The van der Waals surface area contributed by atoms with Gasteiger partial charge in [0.2, 0.25) is 5.88 Å². The molecule has 0 aromatic carbocycles. The minimum absolute atomic E-state index is 0.0327. The molecule has 14 heteroatoms. The van der Waals surface area contributed by atoms with Crippen molar-refractivity contribution in [3.05, 3.63) is 48.2 Å². The van der Waals surface area contributed by atoms with Gasteiger partial charge < -0.3 is 20.9 Å². The smallest absolute Gasteiger partial charge is 0.418 e. The first-order chi connectivity index (χ1) is 16.4. The van der Waals surface area contributed by atoms with Crippen LogP contribution in [0.25, 0.3) is 16.8 Å². The predicted molar refractivity (Wildman–Crippen MR) is 119 cm³/mol. The van der Waals surface area contributed by atoms with E-state index in [1.165, 1.54) is 25.8 Å². The molecule has 0 fully saturated rings. The Morgan fingerprint density at radius 2 is 1.97 bits per heavy atom. The van der Waals surface area contributed by atoms with Crippen LogP contribution >= 0.6 is 0 Å². The van der Waals surface area contributed by atoms with E-state index in [9.17, 15) is 23.1 Å². The van der Waals surface area contributed by atoms with Crippen LogP contribution in [0.1, 0.15) is 22.8 Å². The minimum Gasteiger partial charge on any atom is -0.480 e. The van der Waals surface area contributed by atoms with Crippen LogP contribution < -0.4 is 15.8 Å². The number of anilines is 2. The number of methoxy groups -OCH3 is 1. The van der Waals surface area contributed by atoms with Crippen LogP contribution in [0.2, 0.25) is 0 Å². The van der Waals surface area contributed by atoms with Crippen molar-refractivity contribution in [2.45, 2.75) is 32.2 Å². The highest BCUT2D eigenvalue weighted by atomic mass is 19.4. The van der Waals surface area contributed by atoms with Gasteiger partial charge in [0.25, 0.3) is 5.91 Å². The average Bonchev–Trinajstić information content (AvgIpc) is 3.36. The number of hydrogen-bond acceptors (Lipinski definition) is 8. The molecule has 11 nitrogen and oxygen atoms in total. The Morgan fingerprint density at radius 1 is 1.23 bits per heavy atom. The Bertz CT molecular complexity index is 1410. The summed E-state index contributed by atoms with van der Waals surface area (Å²) < 4.78 is 46.5. The number of carbonyl (C=O) groups excluding carboxylic acids is 1. The lowest BCUT2D eigenvalue weighted by Gasteiger charge is -2.25. The van der Waals surface area contributed by atoms with Crippen LogP contribution in [0.5, 0.6) is 5.88 Å². The summed E-state index contributed by atoms with van der Waals surface area (Å²) in [6.07, 6.45) is 0.304. The number of halogens is 3. The maximum absolute atomic E-state index is 13.0. The summed E-state index contributed by atoms with van der Waals surface area (Å²) in [5, 5.41) is 20.2. The average molecular weight is 490 g/mol. The highest BCUT2D eigenvalue weighted by Crippen LogP contribution is 2.32. The van der Waals surface area contributed by atoms with Gasteiger partial charge in [0.05, 0.1) is 31.2 Å². The van der Waals surface area contributed by atoms with Crippen LogP contribution in [-0.2, 0) is 6.54 Å². The minimum atomic E-state index is -4.85. The first kappa shape index (κ1) is 23.9. The van der Waals surface area contributed by atoms with Gasteiger partial charge in [0, 0.05) is 18.0 Å². The van der Waals surface area contributed by atoms with Crippen molar-refractivity contribution in [3.63, 3.8) is 0 Å². The Morgan fingerprint density at radius 3 is 2.66 bits per heavy atom. The summed E-state index contributed by atoms with van der Waals surface area (Å²) in [6, 6.07) is 3.36. The number of nitrogens with two attached hydrogens (primary N) is 1. The molecule has 0 aliphatic rings. The number of fused-ring (bicyclic) bond motifs is 1. The molecule has 4 N–H and O–H groups in total. The number of pyridine rings is 1. The molecule has 1 unspecified atom stereocenters. The highest BCUT2D eigenvalue weighted by molar-refractivity contribution is 6.06. The molecule has 0 aliphatic carbocycles. The maximum Gasteiger partial charge on any atom is 0.418 e. The SMILES string of the molecule is COc1ncc(-c2cc(C)c3c(N)ncnn23)cc1C(=O)Nc1cnn(CC(C)(O)C(F)(F)F)c1. The number of hydrogen-bond donors (Lipinski definition) is 3. The topological polar surface area (TPSA) is 145 Å². The molecule has 0 spiro atoms. The largest absolute Gasteiger partial charge is 0.480 e. The quantitative estimate of drug-likeness (QED) is 0.374. The third-order valence-electron chi connectivity index (χ3n) is 5.33. The van der Waals surface area contributed by atoms with Crippen molar-refractivity contribution in [3.8, 4) is 17.1 Å². The number of nitrogens with one attached hydrogen (secondary N) is 1. The van der Waals surface area contributed by atoms with E-state index in [1.54, 1.807) is 10.6 Å². The van der Waals surface area contributed by atoms with E-state index < -0.39 is 24.2 Å². The summed E-state index contributed by atoms with van der Waals surface area (Å²) in [4.78, 5) is 21.2. The number of nitrogen functional groups attached to an aromatic ring is 1. The van der Waals surface area contributed by atoms with Crippen LogP contribution in [0.15, 0.2) is 37.1 Å². The van der Waals surface area contributed by atoms with Gasteiger partial charge in [-0.05, 0) is 31.5 Å². The van der Waals surface area contributed by atoms with Crippen molar-refractivity contribution in [1.82, 2.24) is 29.4 Å². The monoisotopic (exact) mass is 490 g/mol. The van der Waals surface area contributed by atoms with Gasteiger partial charge in [-0.25, -0.2) is 14.5 Å². The van der Waals surface area contributed by atoms with Crippen molar-refractivity contribution in [2.75, 3.05) is 18.2 Å². The molecule has 1 atom stereocenters. The number of aliphatic hydroxyl groups is 1. The third kappa shape index (κ3) is 4.47.